The van der Waals surface area contributed by atoms with Crippen molar-refractivity contribution >= 4 is 24.0 Å². The van der Waals surface area contributed by atoms with Gasteiger partial charge < -0.3 is 74.0 Å². The number of carbonyl (C=O) groups is 4. The summed E-state index contributed by atoms with van der Waals surface area (Å²) in [6.45, 7) is 20.3. The van der Waals surface area contributed by atoms with Crippen LogP contribution in [0, 0.1) is 0 Å². The maximum absolute atomic E-state index is 11.8. The molecule has 0 aromatic heterocycles. The molecule has 0 aliphatic rings. The summed E-state index contributed by atoms with van der Waals surface area (Å²) in [5.41, 5.74) is -1.12. The van der Waals surface area contributed by atoms with Gasteiger partial charge in [0, 0.05) is 52.1 Å². The number of rotatable bonds is 36. The summed E-state index contributed by atoms with van der Waals surface area (Å²) in [7, 11) is 0. The molecule has 0 saturated carbocycles. The smallest absolute Gasteiger partial charge is 0.407 e. The van der Waals surface area contributed by atoms with Crippen molar-refractivity contribution in [1.82, 2.24) is 26.6 Å². The highest BCUT2D eigenvalue weighted by molar-refractivity contribution is 5.76. The molecule has 0 aliphatic heterocycles. The zero-order valence-corrected chi connectivity index (χ0v) is 34.2. The first-order chi connectivity index (χ1) is 26.3. The lowest BCUT2D eigenvalue weighted by Gasteiger charge is -2.19. The highest BCUT2D eigenvalue weighted by atomic mass is 16.6. The van der Waals surface area contributed by atoms with Crippen molar-refractivity contribution in [2.45, 2.75) is 65.6 Å². The Labute approximate surface area is 327 Å². The lowest BCUT2D eigenvalue weighted by molar-refractivity contribution is -0.123. The van der Waals surface area contributed by atoms with Crippen LogP contribution in [0.4, 0.5) is 9.59 Å². The Bertz CT molecular complexity index is 892. The number of amides is 4. The Morgan fingerprint density at radius 3 is 0.891 bits per heavy atom. The SMILES string of the molecule is CC(C)(C)OC(=O)NCCNC(=O)CCOCCOCCOCCOCCNCCOCCOCCOCCOCCC(=O)NCCNC(=O)OC(C)(C)C. The van der Waals surface area contributed by atoms with Crippen LogP contribution < -0.4 is 26.6 Å². The van der Waals surface area contributed by atoms with Gasteiger partial charge in [-0.1, -0.05) is 0 Å². The Morgan fingerprint density at radius 1 is 0.345 bits per heavy atom. The predicted octanol–water partition coefficient (Wildman–Crippen LogP) is 0.771. The van der Waals surface area contributed by atoms with Crippen LogP contribution in [0.15, 0.2) is 0 Å². The number of carbonyl (C=O) groups excluding carboxylic acids is 4. The molecular formula is C36H71N5O14. The van der Waals surface area contributed by atoms with Crippen molar-refractivity contribution < 1.29 is 66.5 Å². The Morgan fingerprint density at radius 2 is 0.600 bits per heavy atom. The predicted molar refractivity (Wildman–Crippen MR) is 203 cm³/mol. The van der Waals surface area contributed by atoms with Gasteiger partial charge in [0.1, 0.15) is 11.2 Å². The fourth-order valence-electron chi connectivity index (χ4n) is 3.81. The first-order valence-corrected chi connectivity index (χ1v) is 19.1. The molecule has 0 saturated heterocycles. The summed E-state index contributed by atoms with van der Waals surface area (Å²) in [6, 6.07) is 0. The number of ether oxygens (including phenoxy) is 10. The molecule has 0 fully saturated rings. The van der Waals surface area contributed by atoms with E-state index in [2.05, 4.69) is 26.6 Å². The van der Waals surface area contributed by atoms with Gasteiger partial charge in [0.25, 0.3) is 0 Å². The standard InChI is InChI=1S/C36H71N5O14/c1-35(2,3)54-33(44)40-11-9-38-31(42)7-15-46-19-23-50-27-29-52-25-21-48-17-13-37-14-18-49-22-26-53-30-28-51-24-20-47-16-8-32(43)39-10-12-41-34(45)55-36(4,5)6/h37H,7-30H2,1-6H3,(H,38,42)(H,39,43)(H,40,44)(H,41,45). The van der Waals surface area contributed by atoms with Crippen molar-refractivity contribution in [3.8, 4) is 0 Å². The minimum Gasteiger partial charge on any atom is -0.444 e. The third kappa shape index (κ3) is 43.7. The molecule has 0 aliphatic carbocycles. The van der Waals surface area contributed by atoms with Crippen molar-refractivity contribution in [3.63, 3.8) is 0 Å². The van der Waals surface area contributed by atoms with Crippen LogP contribution in [0.3, 0.4) is 0 Å². The van der Waals surface area contributed by atoms with Crippen LogP contribution in [0.5, 0.6) is 0 Å². The van der Waals surface area contributed by atoms with Crippen LogP contribution in [0.1, 0.15) is 54.4 Å². The largest absolute Gasteiger partial charge is 0.444 e. The topological polar surface area (TPSA) is 221 Å². The molecule has 55 heavy (non-hydrogen) atoms. The molecule has 0 heterocycles. The van der Waals surface area contributed by atoms with Gasteiger partial charge >= 0.3 is 12.2 Å². The third-order valence-corrected chi connectivity index (χ3v) is 6.26. The number of hydrogen-bond donors (Lipinski definition) is 5. The lowest BCUT2D eigenvalue weighted by atomic mass is 10.2. The second-order valence-corrected chi connectivity index (χ2v) is 13.7. The molecule has 0 rings (SSSR count). The van der Waals surface area contributed by atoms with Crippen molar-refractivity contribution in [2.75, 3.05) is 145 Å². The molecule has 0 unspecified atom stereocenters. The van der Waals surface area contributed by atoms with E-state index in [9.17, 15) is 19.2 Å². The van der Waals surface area contributed by atoms with Gasteiger partial charge in [0.2, 0.25) is 11.8 Å². The number of alkyl carbamates (subject to hydrolysis) is 2. The highest BCUT2D eigenvalue weighted by Gasteiger charge is 2.16. The minimum absolute atomic E-state index is 0.158. The highest BCUT2D eigenvalue weighted by Crippen LogP contribution is 2.06. The van der Waals surface area contributed by atoms with Crippen molar-refractivity contribution in [1.29, 1.82) is 0 Å². The average Bonchev–Trinajstić information content (AvgIpc) is 3.09. The van der Waals surface area contributed by atoms with E-state index >= 15 is 0 Å². The zero-order valence-electron chi connectivity index (χ0n) is 34.2. The summed E-state index contributed by atoms with van der Waals surface area (Å²) in [4.78, 5) is 46.7. The van der Waals surface area contributed by atoms with Gasteiger partial charge in [0.05, 0.1) is 106 Å². The van der Waals surface area contributed by atoms with Gasteiger partial charge in [-0.15, -0.1) is 0 Å². The molecule has 5 N–H and O–H groups in total. The molecule has 0 bridgehead atoms. The van der Waals surface area contributed by atoms with E-state index in [0.29, 0.717) is 119 Å². The van der Waals surface area contributed by atoms with Gasteiger partial charge in [-0.2, -0.15) is 0 Å². The fourth-order valence-corrected chi connectivity index (χ4v) is 3.81. The van der Waals surface area contributed by atoms with Crippen LogP contribution in [0.25, 0.3) is 0 Å². The van der Waals surface area contributed by atoms with Crippen LogP contribution >= 0.6 is 0 Å². The fraction of sp³-hybridized carbons (Fsp3) is 0.889. The Balaban J connectivity index is 3.24. The molecule has 0 aromatic carbocycles. The summed E-state index contributed by atoms with van der Waals surface area (Å²) in [5.74, 6) is -0.317. The number of hydrogen-bond acceptors (Lipinski definition) is 15. The van der Waals surface area contributed by atoms with E-state index in [0.717, 1.165) is 0 Å². The average molecular weight is 798 g/mol. The normalized spacial score (nSPS) is 11.6. The minimum atomic E-state index is -0.562. The Kier molecular flexibility index (Phi) is 33.7. The summed E-state index contributed by atoms with van der Waals surface area (Å²) < 4.78 is 53.9. The van der Waals surface area contributed by atoms with Crippen LogP contribution in [-0.4, -0.2) is 180 Å². The van der Waals surface area contributed by atoms with Gasteiger partial charge in [-0.25, -0.2) is 9.59 Å². The summed E-state index contributed by atoms with van der Waals surface area (Å²) in [6.07, 6.45) is -0.587. The van der Waals surface area contributed by atoms with Gasteiger partial charge in [-0.05, 0) is 41.5 Å². The molecule has 0 aromatic rings. The van der Waals surface area contributed by atoms with E-state index in [1.54, 1.807) is 41.5 Å². The molecule has 0 atom stereocenters. The summed E-state index contributed by atoms with van der Waals surface area (Å²) in [5, 5.41) is 13.8. The van der Waals surface area contributed by atoms with E-state index < -0.39 is 23.4 Å². The van der Waals surface area contributed by atoms with E-state index in [-0.39, 0.29) is 51.0 Å². The summed E-state index contributed by atoms with van der Waals surface area (Å²) >= 11 is 0. The first kappa shape index (κ1) is 52.1. The lowest BCUT2D eigenvalue weighted by Crippen LogP contribution is -2.38. The van der Waals surface area contributed by atoms with Crippen molar-refractivity contribution in [2.24, 2.45) is 0 Å². The number of nitrogens with one attached hydrogen (secondary N) is 5. The van der Waals surface area contributed by atoms with Gasteiger partial charge in [0.15, 0.2) is 0 Å². The van der Waals surface area contributed by atoms with E-state index in [1.165, 1.54) is 0 Å². The first-order valence-electron chi connectivity index (χ1n) is 19.1. The molecule has 0 spiro atoms. The van der Waals surface area contributed by atoms with Crippen LogP contribution in [0.2, 0.25) is 0 Å². The maximum Gasteiger partial charge on any atom is 0.407 e. The van der Waals surface area contributed by atoms with E-state index in [1.807, 2.05) is 0 Å². The molecule has 324 valence electrons. The van der Waals surface area contributed by atoms with E-state index in [4.69, 9.17) is 47.4 Å². The molecule has 0 radical (unpaired) electrons. The van der Waals surface area contributed by atoms with Gasteiger partial charge in [-0.3, -0.25) is 9.59 Å². The van der Waals surface area contributed by atoms with Crippen molar-refractivity contribution in [3.05, 3.63) is 0 Å². The Hall–Kier alpha value is -2.88. The monoisotopic (exact) mass is 797 g/mol. The molecule has 4 amide bonds. The second kappa shape index (κ2) is 35.5. The molecule has 19 heteroatoms. The second-order valence-electron chi connectivity index (χ2n) is 13.7. The zero-order chi connectivity index (χ0) is 40.9. The third-order valence-electron chi connectivity index (χ3n) is 6.26. The molecule has 19 nitrogen and oxygen atoms in total. The molecular weight excluding hydrogens is 726 g/mol. The maximum atomic E-state index is 11.8. The quantitative estimate of drug-likeness (QED) is 0.0553. The van der Waals surface area contributed by atoms with Crippen LogP contribution in [-0.2, 0) is 57.0 Å².